The second kappa shape index (κ2) is 9.43. The molecule has 0 bridgehead atoms. The van der Waals surface area contributed by atoms with Crippen LogP contribution in [0.25, 0.3) is 6.08 Å². The average Bonchev–Trinajstić information content (AvgIpc) is 2.62. The van der Waals surface area contributed by atoms with Gasteiger partial charge in [-0.05, 0) is 36.8 Å². The van der Waals surface area contributed by atoms with Crippen LogP contribution < -0.4 is 0 Å². The van der Waals surface area contributed by atoms with Gasteiger partial charge in [-0.15, -0.1) is 5.92 Å². The first kappa shape index (κ1) is 20.0. The molecular formula is C24H30O2. The van der Waals surface area contributed by atoms with Crippen molar-refractivity contribution in [1.82, 2.24) is 0 Å². The smallest absolute Gasteiger partial charge is 0.331 e. The number of hydrogen-bond acceptors (Lipinski definition) is 2. The number of carbonyl (C=O) groups is 1. The first-order chi connectivity index (χ1) is 12.4. The van der Waals surface area contributed by atoms with Crippen molar-refractivity contribution < 1.29 is 9.53 Å². The maximum absolute atomic E-state index is 12.4. The van der Waals surface area contributed by atoms with Gasteiger partial charge in [-0.3, -0.25) is 0 Å². The van der Waals surface area contributed by atoms with Gasteiger partial charge in [-0.2, -0.15) is 0 Å². The zero-order chi connectivity index (χ0) is 19.0. The summed E-state index contributed by atoms with van der Waals surface area (Å²) in [7, 11) is 0. The Hall–Kier alpha value is -2.27. The van der Waals surface area contributed by atoms with Gasteiger partial charge in [0.25, 0.3) is 0 Å². The van der Waals surface area contributed by atoms with Gasteiger partial charge in [0.2, 0.25) is 0 Å². The lowest BCUT2D eigenvalue weighted by molar-refractivity contribution is -0.146. The number of ether oxygens (including phenoxy) is 1. The zero-order valence-corrected chi connectivity index (χ0v) is 16.4. The van der Waals surface area contributed by atoms with E-state index in [-0.39, 0.29) is 23.4 Å². The molecule has 0 spiro atoms. The van der Waals surface area contributed by atoms with Gasteiger partial charge in [0.1, 0.15) is 6.10 Å². The minimum absolute atomic E-state index is 0.0514. The van der Waals surface area contributed by atoms with Gasteiger partial charge in [0.05, 0.1) is 0 Å². The van der Waals surface area contributed by atoms with E-state index in [1.807, 2.05) is 30.3 Å². The summed E-state index contributed by atoms with van der Waals surface area (Å²) in [5.74, 6) is 6.32. The van der Waals surface area contributed by atoms with Crippen LogP contribution in [0.3, 0.4) is 0 Å². The molecule has 26 heavy (non-hydrogen) atoms. The molecule has 0 amide bonds. The number of rotatable bonds is 3. The Kier molecular flexibility index (Phi) is 7.27. The monoisotopic (exact) mass is 350 g/mol. The first-order valence-electron chi connectivity index (χ1n) is 9.46. The lowest BCUT2D eigenvalue weighted by atomic mass is 9.74. The predicted octanol–water partition coefficient (Wildman–Crippen LogP) is 5.80. The summed E-state index contributed by atoms with van der Waals surface area (Å²) in [5.41, 5.74) is 2.32. The molecule has 2 atom stereocenters. The van der Waals surface area contributed by atoms with E-state index in [9.17, 15) is 4.79 Å². The second-order valence-electron chi connectivity index (χ2n) is 7.73. The second-order valence-corrected chi connectivity index (χ2v) is 7.73. The van der Waals surface area contributed by atoms with Crippen molar-refractivity contribution in [2.24, 2.45) is 11.3 Å². The highest BCUT2D eigenvalue weighted by Gasteiger charge is 2.32. The molecule has 2 heteroatoms. The van der Waals surface area contributed by atoms with E-state index in [0.717, 1.165) is 24.8 Å². The van der Waals surface area contributed by atoms with E-state index in [2.05, 4.69) is 45.6 Å². The minimum atomic E-state index is -0.307. The number of hydrogen-bond donors (Lipinski definition) is 0. The molecule has 1 aromatic rings. The maximum Gasteiger partial charge on any atom is 0.331 e. The Morgan fingerprint density at radius 1 is 1.23 bits per heavy atom. The highest BCUT2D eigenvalue weighted by atomic mass is 16.5. The average molecular weight is 351 g/mol. The van der Waals surface area contributed by atoms with Crippen molar-refractivity contribution in [3.8, 4) is 11.8 Å². The maximum atomic E-state index is 12.4. The number of allylic oxidation sites excluding steroid dienone is 2. The first-order valence-corrected chi connectivity index (χ1v) is 9.46. The van der Waals surface area contributed by atoms with Gasteiger partial charge in [-0.25, -0.2) is 4.79 Å². The lowest BCUT2D eigenvalue weighted by Crippen LogP contribution is -2.34. The van der Waals surface area contributed by atoms with Crippen LogP contribution in [0.5, 0.6) is 0 Å². The molecule has 138 valence electrons. The molecule has 0 aromatic heterocycles. The molecule has 0 fully saturated rings. The molecule has 0 heterocycles. The quantitative estimate of drug-likeness (QED) is 0.298. The molecule has 0 unspecified atom stereocenters. The fraction of sp³-hybridized carbons (Fsp3) is 0.458. The van der Waals surface area contributed by atoms with E-state index >= 15 is 0 Å². The summed E-state index contributed by atoms with van der Waals surface area (Å²) in [5, 5.41) is 0. The molecule has 0 saturated heterocycles. The molecule has 0 saturated carbocycles. The molecule has 0 N–H and O–H groups in total. The fourth-order valence-electron chi connectivity index (χ4n) is 3.27. The Morgan fingerprint density at radius 2 is 1.96 bits per heavy atom. The number of esters is 1. The topological polar surface area (TPSA) is 26.3 Å². The van der Waals surface area contributed by atoms with Gasteiger partial charge in [0, 0.05) is 24.8 Å². The van der Waals surface area contributed by atoms with Crippen molar-refractivity contribution in [1.29, 1.82) is 0 Å². The summed E-state index contributed by atoms with van der Waals surface area (Å²) in [6.07, 6.45) is 9.07. The standard InChI is InChI=1S/C24H30O2/c1-19-12-8-5-6-11-15-22(20(2)24(3,4)18-19)26-23(25)17-16-21-13-9-7-10-14-21/h7,9-10,13-14,16-18,20,22H,5,8,12,15H2,1-4H3/b17-16+,19-18+/t20-,22-/m0/s1. The lowest BCUT2D eigenvalue weighted by Gasteiger charge is -2.34. The van der Waals surface area contributed by atoms with Crippen LogP contribution in [0.15, 0.2) is 48.1 Å². The third-order valence-electron chi connectivity index (χ3n) is 5.13. The highest BCUT2D eigenvalue weighted by Crippen LogP contribution is 2.35. The third-order valence-corrected chi connectivity index (χ3v) is 5.13. The van der Waals surface area contributed by atoms with E-state index in [1.165, 1.54) is 11.6 Å². The molecule has 2 nitrogen and oxygen atoms in total. The van der Waals surface area contributed by atoms with Crippen molar-refractivity contribution in [2.75, 3.05) is 0 Å². The molecule has 1 aromatic carbocycles. The highest BCUT2D eigenvalue weighted by molar-refractivity contribution is 5.87. The molecular weight excluding hydrogens is 320 g/mol. The summed E-state index contributed by atoms with van der Waals surface area (Å²) in [6.45, 7) is 8.77. The number of benzene rings is 1. The van der Waals surface area contributed by atoms with Gasteiger partial charge in [-0.1, -0.05) is 68.7 Å². The molecule has 2 rings (SSSR count). The third kappa shape index (κ3) is 6.23. The van der Waals surface area contributed by atoms with Crippen molar-refractivity contribution in [2.45, 2.75) is 59.5 Å². The Morgan fingerprint density at radius 3 is 2.69 bits per heavy atom. The summed E-state index contributed by atoms with van der Waals surface area (Å²) in [6, 6.07) is 9.77. The summed E-state index contributed by atoms with van der Waals surface area (Å²) in [4.78, 5) is 12.4. The predicted molar refractivity (Wildman–Crippen MR) is 108 cm³/mol. The number of carbonyl (C=O) groups excluding carboxylic acids is 1. The van der Waals surface area contributed by atoms with Gasteiger partial charge < -0.3 is 4.74 Å². The molecule has 0 aliphatic heterocycles. The van der Waals surface area contributed by atoms with Crippen LogP contribution in [0.4, 0.5) is 0 Å². The molecule has 1 aliphatic carbocycles. The van der Waals surface area contributed by atoms with Crippen molar-refractivity contribution in [3.05, 3.63) is 53.6 Å². The molecule has 1 aliphatic rings. The van der Waals surface area contributed by atoms with Crippen LogP contribution in [0, 0.1) is 23.2 Å². The zero-order valence-electron chi connectivity index (χ0n) is 16.4. The minimum Gasteiger partial charge on any atom is -0.458 e. The summed E-state index contributed by atoms with van der Waals surface area (Å²) >= 11 is 0. The van der Waals surface area contributed by atoms with E-state index < -0.39 is 0 Å². The fourth-order valence-corrected chi connectivity index (χ4v) is 3.27. The van der Waals surface area contributed by atoms with E-state index in [4.69, 9.17) is 4.74 Å². The summed E-state index contributed by atoms with van der Waals surface area (Å²) < 4.78 is 5.81. The van der Waals surface area contributed by atoms with Gasteiger partial charge in [0.15, 0.2) is 0 Å². The van der Waals surface area contributed by atoms with Crippen LogP contribution in [0.1, 0.15) is 58.9 Å². The van der Waals surface area contributed by atoms with Crippen molar-refractivity contribution >= 4 is 12.0 Å². The normalized spacial score (nSPS) is 25.3. The van der Waals surface area contributed by atoms with Crippen molar-refractivity contribution in [3.63, 3.8) is 0 Å². The largest absolute Gasteiger partial charge is 0.458 e. The Balaban J connectivity index is 2.13. The van der Waals surface area contributed by atoms with E-state index in [1.54, 1.807) is 6.08 Å². The Bertz CT molecular complexity index is 714. The molecule has 0 radical (unpaired) electrons. The van der Waals surface area contributed by atoms with Gasteiger partial charge >= 0.3 is 5.97 Å². The van der Waals surface area contributed by atoms with E-state index in [0.29, 0.717) is 6.42 Å². The van der Waals surface area contributed by atoms with Crippen LogP contribution in [-0.2, 0) is 9.53 Å². The van der Waals surface area contributed by atoms with Crippen LogP contribution in [-0.4, -0.2) is 12.1 Å². The Labute approximate surface area is 158 Å². The van der Waals surface area contributed by atoms with Crippen LogP contribution in [0.2, 0.25) is 0 Å². The SMILES string of the molecule is C/C1=C\C(C)(C)[C@@H](C)[C@@H](OC(=O)/C=C/c2ccccc2)CC#CCCC1. The van der Waals surface area contributed by atoms with Crippen LogP contribution >= 0.6 is 0 Å².